The molecule has 22 heavy (non-hydrogen) atoms. The Morgan fingerprint density at radius 3 is 2.23 bits per heavy atom. The molecule has 0 aliphatic heterocycles. The molecular formula is C13H8F6N2O. The molecule has 9 heteroatoms. The lowest BCUT2D eigenvalue weighted by Crippen LogP contribution is -2.10. The minimum Gasteiger partial charge on any atom is -0.437 e. The summed E-state index contributed by atoms with van der Waals surface area (Å²) in [6.07, 6.45) is -8.52. The molecule has 0 amide bonds. The van der Waals surface area contributed by atoms with Gasteiger partial charge in [0.25, 0.3) is 0 Å². The number of rotatable bonds is 2. The summed E-state index contributed by atoms with van der Waals surface area (Å²) in [4.78, 5) is 3.51. The van der Waals surface area contributed by atoms with E-state index in [1.165, 1.54) is 0 Å². The van der Waals surface area contributed by atoms with E-state index in [1.54, 1.807) is 0 Å². The molecule has 0 radical (unpaired) electrons. The Labute approximate surface area is 120 Å². The summed E-state index contributed by atoms with van der Waals surface area (Å²) in [6, 6.07) is 4.30. The number of benzene rings is 1. The summed E-state index contributed by atoms with van der Waals surface area (Å²) < 4.78 is 80.7. The predicted molar refractivity (Wildman–Crippen MR) is 65.2 cm³/mol. The van der Waals surface area contributed by atoms with E-state index in [2.05, 4.69) is 4.98 Å². The Hall–Kier alpha value is -2.45. The van der Waals surface area contributed by atoms with Gasteiger partial charge in [0.15, 0.2) is 0 Å². The average Bonchev–Trinajstić information content (AvgIpc) is 2.39. The third-order valence-electron chi connectivity index (χ3n) is 2.63. The fourth-order valence-corrected chi connectivity index (χ4v) is 1.63. The van der Waals surface area contributed by atoms with Gasteiger partial charge in [-0.25, -0.2) is 4.98 Å². The van der Waals surface area contributed by atoms with Crippen molar-refractivity contribution >= 4 is 5.69 Å². The number of halogens is 6. The first-order valence-electron chi connectivity index (χ1n) is 5.76. The molecule has 1 aromatic carbocycles. The van der Waals surface area contributed by atoms with Gasteiger partial charge in [-0.1, -0.05) is 6.07 Å². The van der Waals surface area contributed by atoms with Crippen molar-refractivity contribution in [1.82, 2.24) is 4.98 Å². The van der Waals surface area contributed by atoms with Gasteiger partial charge in [0, 0.05) is 6.20 Å². The third kappa shape index (κ3) is 3.41. The van der Waals surface area contributed by atoms with E-state index >= 15 is 0 Å². The van der Waals surface area contributed by atoms with Gasteiger partial charge in [-0.2, -0.15) is 26.3 Å². The Morgan fingerprint density at radius 2 is 1.64 bits per heavy atom. The molecule has 3 nitrogen and oxygen atoms in total. The zero-order valence-electron chi connectivity index (χ0n) is 10.7. The number of nitrogen functional groups attached to an aromatic ring is 1. The van der Waals surface area contributed by atoms with E-state index in [1.807, 2.05) is 0 Å². The Kier molecular flexibility index (Phi) is 3.90. The molecular weight excluding hydrogens is 314 g/mol. The van der Waals surface area contributed by atoms with Gasteiger partial charge < -0.3 is 10.5 Å². The molecule has 0 unspecified atom stereocenters. The number of hydrogen-bond donors (Lipinski definition) is 1. The minimum atomic E-state index is -4.72. The van der Waals surface area contributed by atoms with Crippen molar-refractivity contribution in [1.29, 1.82) is 0 Å². The quantitative estimate of drug-likeness (QED) is 0.829. The summed E-state index contributed by atoms with van der Waals surface area (Å²) in [6.45, 7) is 0. The van der Waals surface area contributed by atoms with E-state index in [0.29, 0.717) is 12.1 Å². The topological polar surface area (TPSA) is 48.1 Å². The summed E-state index contributed by atoms with van der Waals surface area (Å²) in [5.74, 6) is -0.942. The van der Waals surface area contributed by atoms with Crippen LogP contribution in [-0.4, -0.2) is 4.98 Å². The van der Waals surface area contributed by atoms with Crippen molar-refractivity contribution in [2.45, 2.75) is 12.4 Å². The standard InChI is InChI=1S/C13H8F6N2O/c14-12(15,16)7-2-1-3-8(6-7)22-11-10(20)9(4-5-21-11)13(17,18)19/h1-6H,20H2. The molecule has 0 spiro atoms. The van der Waals surface area contributed by atoms with Crippen LogP contribution in [0.15, 0.2) is 36.5 Å². The van der Waals surface area contributed by atoms with Crippen molar-refractivity contribution in [3.8, 4) is 11.6 Å². The zero-order valence-corrected chi connectivity index (χ0v) is 10.7. The van der Waals surface area contributed by atoms with Crippen LogP contribution in [0.1, 0.15) is 11.1 Å². The van der Waals surface area contributed by atoms with E-state index in [0.717, 1.165) is 24.4 Å². The second kappa shape index (κ2) is 5.39. The van der Waals surface area contributed by atoms with Crippen molar-refractivity contribution in [2.24, 2.45) is 0 Å². The van der Waals surface area contributed by atoms with E-state index in [9.17, 15) is 26.3 Å². The highest BCUT2D eigenvalue weighted by Gasteiger charge is 2.35. The van der Waals surface area contributed by atoms with Crippen molar-refractivity contribution in [3.05, 3.63) is 47.7 Å². The first-order chi connectivity index (χ1) is 10.1. The van der Waals surface area contributed by atoms with Crippen LogP contribution < -0.4 is 10.5 Å². The maximum absolute atomic E-state index is 12.7. The molecule has 0 bridgehead atoms. The highest BCUT2D eigenvalue weighted by molar-refractivity contribution is 5.57. The molecule has 0 saturated heterocycles. The number of ether oxygens (including phenoxy) is 1. The largest absolute Gasteiger partial charge is 0.437 e. The van der Waals surface area contributed by atoms with E-state index in [-0.39, 0.29) is 5.75 Å². The van der Waals surface area contributed by atoms with E-state index in [4.69, 9.17) is 10.5 Å². The van der Waals surface area contributed by atoms with Crippen LogP contribution in [0.25, 0.3) is 0 Å². The molecule has 2 rings (SSSR count). The molecule has 1 aromatic heterocycles. The summed E-state index contributed by atoms with van der Waals surface area (Å²) >= 11 is 0. The van der Waals surface area contributed by atoms with Gasteiger partial charge in [0.1, 0.15) is 11.4 Å². The van der Waals surface area contributed by atoms with Crippen LogP contribution in [0, 0.1) is 0 Å². The van der Waals surface area contributed by atoms with Crippen molar-refractivity contribution in [3.63, 3.8) is 0 Å². The Bertz CT molecular complexity index is 681. The lowest BCUT2D eigenvalue weighted by atomic mass is 10.2. The lowest BCUT2D eigenvalue weighted by Gasteiger charge is -2.14. The second-order valence-corrected chi connectivity index (χ2v) is 4.20. The monoisotopic (exact) mass is 322 g/mol. The lowest BCUT2D eigenvalue weighted by molar-refractivity contribution is -0.138. The second-order valence-electron chi connectivity index (χ2n) is 4.20. The minimum absolute atomic E-state index is 0.326. The van der Waals surface area contributed by atoms with Gasteiger partial charge in [-0.3, -0.25) is 0 Å². The molecule has 0 aliphatic carbocycles. The summed E-state index contributed by atoms with van der Waals surface area (Å²) in [5, 5.41) is 0. The zero-order chi connectivity index (χ0) is 16.5. The molecule has 0 atom stereocenters. The van der Waals surface area contributed by atoms with Crippen LogP contribution in [0.5, 0.6) is 11.6 Å². The van der Waals surface area contributed by atoms with Gasteiger partial charge >= 0.3 is 12.4 Å². The highest BCUT2D eigenvalue weighted by Crippen LogP contribution is 2.38. The number of hydrogen-bond acceptors (Lipinski definition) is 3. The predicted octanol–water partition coefficient (Wildman–Crippen LogP) is 4.49. The van der Waals surface area contributed by atoms with Gasteiger partial charge in [0.2, 0.25) is 5.88 Å². The van der Waals surface area contributed by atoms with Crippen molar-refractivity contribution in [2.75, 3.05) is 5.73 Å². The first kappa shape index (κ1) is 15.9. The number of nitrogens with two attached hydrogens (primary N) is 1. The van der Waals surface area contributed by atoms with Crippen LogP contribution >= 0.6 is 0 Å². The summed E-state index contributed by atoms with van der Waals surface area (Å²) in [5.41, 5.74) is 2.33. The molecule has 0 aliphatic rings. The molecule has 0 fully saturated rings. The normalized spacial score (nSPS) is 12.3. The third-order valence-corrected chi connectivity index (χ3v) is 2.63. The fraction of sp³-hybridized carbons (Fsp3) is 0.154. The number of aromatic nitrogens is 1. The van der Waals surface area contributed by atoms with Gasteiger partial charge in [-0.15, -0.1) is 0 Å². The number of nitrogens with zero attached hydrogens (tertiary/aromatic N) is 1. The number of alkyl halides is 6. The Morgan fingerprint density at radius 1 is 0.955 bits per heavy atom. The molecule has 2 N–H and O–H groups in total. The first-order valence-corrected chi connectivity index (χ1v) is 5.76. The maximum atomic E-state index is 12.7. The highest BCUT2D eigenvalue weighted by atomic mass is 19.4. The van der Waals surface area contributed by atoms with Crippen molar-refractivity contribution < 1.29 is 31.1 Å². The molecule has 0 saturated carbocycles. The molecule has 118 valence electrons. The van der Waals surface area contributed by atoms with Gasteiger partial charge in [0.05, 0.1) is 11.1 Å². The number of pyridine rings is 1. The van der Waals surface area contributed by atoms with Crippen LogP contribution in [-0.2, 0) is 12.4 Å². The number of anilines is 1. The smallest absolute Gasteiger partial charge is 0.418 e. The van der Waals surface area contributed by atoms with Crippen LogP contribution in [0.2, 0.25) is 0 Å². The average molecular weight is 322 g/mol. The molecule has 2 aromatic rings. The fourth-order valence-electron chi connectivity index (χ4n) is 1.63. The maximum Gasteiger partial charge on any atom is 0.418 e. The van der Waals surface area contributed by atoms with Gasteiger partial charge in [-0.05, 0) is 24.3 Å². The molecule has 1 heterocycles. The Balaban J connectivity index is 2.36. The van der Waals surface area contributed by atoms with Crippen LogP contribution in [0.3, 0.4) is 0 Å². The van der Waals surface area contributed by atoms with Crippen LogP contribution in [0.4, 0.5) is 32.0 Å². The SMILES string of the molecule is Nc1c(C(F)(F)F)ccnc1Oc1cccc(C(F)(F)F)c1. The summed E-state index contributed by atoms with van der Waals surface area (Å²) in [7, 11) is 0. The van der Waals surface area contributed by atoms with E-state index < -0.39 is 35.0 Å².